The number of ether oxygens (including phenoxy) is 1. The molecule has 6 nitrogen and oxygen atoms in total. The van der Waals surface area contributed by atoms with Crippen molar-refractivity contribution >= 4 is 11.9 Å². The minimum atomic E-state index is 0.191. The van der Waals surface area contributed by atoms with Gasteiger partial charge < -0.3 is 15.4 Å². The molecule has 1 heterocycles. The lowest BCUT2D eigenvalue weighted by molar-refractivity contribution is 0.312. The Morgan fingerprint density at radius 1 is 1.25 bits per heavy atom. The van der Waals surface area contributed by atoms with Crippen molar-refractivity contribution in [1.82, 2.24) is 15.0 Å². The van der Waals surface area contributed by atoms with E-state index in [2.05, 4.69) is 21.9 Å². The van der Waals surface area contributed by atoms with Gasteiger partial charge in [-0.3, -0.25) is 0 Å². The van der Waals surface area contributed by atoms with Gasteiger partial charge >= 0.3 is 6.01 Å². The molecule has 2 N–H and O–H groups in total. The van der Waals surface area contributed by atoms with Gasteiger partial charge in [-0.15, -0.1) is 0 Å². The molecule has 1 aromatic heterocycles. The third kappa shape index (κ3) is 3.52. The summed E-state index contributed by atoms with van der Waals surface area (Å²) in [5.74, 6) is 0.751. The molecule has 0 fully saturated rings. The summed E-state index contributed by atoms with van der Waals surface area (Å²) in [4.78, 5) is 14.1. The van der Waals surface area contributed by atoms with Crippen molar-refractivity contribution in [2.45, 2.75) is 26.7 Å². The van der Waals surface area contributed by atoms with E-state index in [1.165, 1.54) is 0 Å². The summed E-state index contributed by atoms with van der Waals surface area (Å²) < 4.78 is 5.21. The fraction of sp³-hybridized carbons (Fsp3) is 0.700. The van der Waals surface area contributed by atoms with Crippen LogP contribution in [0.4, 0.5) is 11.9 Å². The third-order valence-corrected chi connectivity index (χ3v) is 2.08. The number of nitrogens with zero attached hydrogens (tertiary/aromatic N) is 4. The summed E-state index contributed by atoms with van der Waals surface area (Å²) in [5, 5.41) is 0. The van der Waals surface area contributed by atoms with Crippen LogP contribution in [0.5, 0.6) is 6.01 Å². The molecule has 0 unspecified atom stereocenters. The van der Waals surface area contributed by atoms with Gasteiger partial charge in [-0.1, -0.05) is 13.3 Å². The van der Waals surface area contributed by atoms with E-state index in [1.807, 2.05) is 18.9 Å². The summed E-state index contributed by atoms with van der Waals surface area (Å²) in [5.41, 5.74) is 5.59. The zero-order chi connectivity index (χ0) is 12.0. The maximum Gasteiger partial charge on any atom is 0.323 e. The van der Waals surface area contributed by atoms with Crippen LogP contribution in [0.15, 0.2) is 0 Å². The number of nitrogen functional groups attached to an aromatic ring is 1. The van der Waals surface area contributed by atoms with Gasteiger partial charge in [-0.2, -0.15) is 15.0 Å². The van der Waals surface area contributed by atoms with Crippen molar-refractivity contribution in [3.63, 3.8) is 0 Å². The smallest absolute Gasteiger partial charge is 0.323 e. The van der Waals surface area contributed by atoms with Crippen LogP contribution < -0.4 is 15.4 Å². The molecule has 1 rings (SSSR count). The molecule has 0 aliphatic carbocycles. The molecule has 0 bridgehead atoms. The normalized spacial score (nSPS) is 10.2. The van der Waals surface area contributed by atoms with Gasteiger partial charge in [0.25, 0.3) is 0 Å². The molecule has 90 valence electrons. The van der Waals surface area contributed by atoms with Gasteiger partial charge in [0, 0.05) is 13.6 Å². The Morgan fingerprint density at radius 2 is 2.00 bits per heavy atom. The molecule has 0 aromatic carbocycles. The Balaban J connectivity index is 2.78. The van der Waals surface area contributed by atoms with Crippen LogP contribution in [-0.4, -0.2) is 35.2 Å². The first-order valence-corrected chi connectivity index (χ1v) is 5.52. The second-order valence-corrected chi connectivity index (χ2v) is 3.48. The van der Waals surface area contributed by atoms with Crippen molar-refractivity contribution in [2.24, 2.45) is 0 Å². The van der Waals surface area contributed by atoms with Crippen molar-refractivity contribution in [1.29, 1.82) is 0 Å². The number of hydrogen-bond donors (Lipinski definition) is 1. The molecule has 0 atom stereocenters. The summed E-state index contributed by atoms with van der Waals surface area (Å²) in [6.45, 7) is 5.43. The number of anilines is 2. The number of rotatable bonds is 6. The highest BCUT2D eigenvalue weighted by molar-refractivity contribution is 5.34. The Hall–Kier alpha value is -1.59. The van der Waals surface area contributed by atoms with Crippen LogP contribution >= 0.6 is 0 Å². The van der Waals surface area contributed by atoms with Crippen LogP contribution in [0.1, 0.15) is 26.7 Å². The Morgan fingerprint density at radius 3 is 2.62 bits per heavy atom. The second kappa shape index (κ2) is 6.09. The standard InChI is InChI=1S/C10H19N5O/c1-4-6-7-15(3)9-12-8(11)13-10(14-9)16-5-2/h4-7H2,1-3H3,(H2,11,12,13,14). The first-order chi connectivity index (χ1) is 7.67. The van der Waals surface area contributed by atoms with Gasteiger partial charge in [0.1, 0.15) is 0 Å². The van der Waals surface area contributed by atoms with E-state index < -0.39 is 0 Å². The van der Waals surface area contributed by atoms with Gasteiger partial charge in [0.15, 0.2) is 0 Å². The summed E-state index contributed by atoms with van der Waals surface area (Å²) in [6.07, 6.45) is 2.22. The molecular weight excluding hydrogens is 206 g/mol. The molecule has 6 heteroatoms. The Kier molecular flexibility index (Phi) is 4.75. The van der Waals surface area contributed by atoms with E-state index in [-0.39, 0.29) is 12.0 Å². The predicted molar refractivity (Wildman–Crippen MR) is 63.6 cm³/mol. The SMILES string of the molecule is CCCCN(C)c1nc(N)nc(OCC)n1. The minimum Gasteiger partial charge on any atom is -0.464 e. The third-order valence-electron chi connectivity index (χ3n) is 2.08. The lowest BCUT2D eigenvalue weighted by atomic mass is 10.3. The zero-order valence-corrected chi connectivity index (χ0v) is 10.1. The van der Waals surface area contributed by atoms with Crippen LogP contribution in [0.3, 0.4) is 0 Å². The number of nitrogens with two attached hydrogens (primary N) is 1. The molecule has 0 spiro atoms. The van der Waals surface area contributed by atoms with E-state index in [4.69, 9.17) is 10.5 Å². The van der Waals surface area contributed by atoms with Crippen LogP contribution in [-0.2, 0) is 0 Å². The predicted octanol–water partition coefficient (Wildman–Crippen LogP) is 1.09. The highest BCUT2D eigenvalue weighted by Crippen LogP contribution is 2.12. The number of unbranched alkanes of at least 4 members (excludes halogenated alkanes) is 1. The highest BCUT2D eigenvalue weighted by atomic mass is 16.5. The fourth-order valence-corrected chi connectivity index (χ4v) is 1.22. The van der Waals surface area contributed by atoms with Crippen LogP contribution in [0.2, 0.25) is 0 Å². The molecule has 0 aliphatic rings. The second-order valence-electron chi connectivity index (χ2n) is 3.48. The Labute approximate surface area is 95.9 Å². The van der Waals surface area contributed by atoms with Crippen molar-refractivity contribution in [3.8, 4) is 6.01 Å². The molecule has 16 heavy (non-hydrogen) atoms. The lowest BCUT2D eigenvalue weighted by Crippen LogP contribution is -2.22. The maximum absolute atomic E-state index is 5.59. The number of hydrogen-bond acceptors (Lipinski definition) is 6. The first-order valence-electron chi connectivity index (χ1n) is 5.52. The van der Waals surface area contributed by atoms with E-state index in [1.54, 1.807) is 0 Å². The van der Waals surface area contributed by atoms with E-state index >= 15 is 0 Å². The van der Waals surface area contributed by atoms with Crippen molar-refractivity contribution in [3.05, 3.63) is 0 Å². The Bertz CT molecular complexity index is 331. The summed E-state index contributed by atoms with van der Waals surface area (Å²) in [6, 6.07) is 0.286. The lowest BCUT2D eigenvalue weighted by Gasteiger charge is -2.16. The number of aromatic nitrogens is 3. The minimum absolute atomic E-state index is 0.191. The average Bonchev–Trinajstić information content (AvgIpc) is 2.25. The fourth-order valence-electron chi connectivity index (χ4n) is 1.22. The van der Waals surface area contributed by atoms with Crippen molar-refractivity contribution < 1.29 is 4.74 Å². The maximum atomic E-state index is 5.59. The molecule has 1 aromatic rings. The quantitative estimate of drug-likeness (QED) is 0.780. The van der Waals surface area contributed by atoms with Crippen LogP contribution in [0, 0.1) is 0 Å². The van der Waals surface area contributed by atoms with Gasteiger partial charge in [-0.25, -0.2) is 0 Å². The first kappa shape index (κ1) is 12.5. The summed E-state index contributed by atoms with van der Waals surface area (Å²) >= 11 is 0. The van der Waals surface area contributed by atoms with E-state index in [0.29, 0.717) is 12.6 Å². The topological polar surface area (TPSA) is 77.2 Å². The van der Waals surface area contributed by atoms with E-state index in [9.17, 15) is 0 Å². The average molecular weight is 225 g/mol. The molecular formula is C10H19N5O. The van der Waals surface area contributed by atoms with Crippen molar-refractivity contribution in [2.75, 3.05) is 30.8 Å². The van der Waals surface area contributed by atoms with Gasteiger partial charge in [0.05, 0.1) is 6.61 Å². The zero-order valence-electron chi connectivity index (χ0n) is 10.1. The monoisotopic (exact) mass is 225 g/mol. The molecule has 0 radical (unpaired) electrons. The molecule has 0 aliphatic heterocycles. The van der Waals surface area contributed by atoms with Gasteiger partial charge in [0.2, 0.25) is 11.9 Å². The molecule has 0 saturated carbocycles. The molecule has 0 amide bonds. The summed E-state index contributed by atoms with van der Waals surface area (Å²) in [7, 11) is 1.93. The van der Waals surface area contributed by atoms with E-state index in [0.717, 1.165) is 19.4 Å². The largest absolute Gasteiger partial charge is 0.464 e. The highest BCUT2D eigenvalue weighted by Gasteiger charge is 2.08. The van der Waals surface area contributed by atoms with Gasteiger partial charge in [-0.05, 0) is 13.3 Å². The molecule has 0 saturated heterocycles. The van der Waals surface area contributed by atoms with Crippen LogP contribution in [0.25, 0.3) is 0 Å².